The Bertz CT molecular complexity index is 923. The van der Waals surface area contributed by atoms with Crippen LogP contribution in [0, 0.1) is 12.7 Å². The van der Waals surface area contributed by atoms with Crippen molar-refractivity contribution < 1.29 is 4.39 Å². The van der Waals surface area contributed by atoms with Crippen molar-refractivity contribution in [1.82, 2.24) is 14.3 Å². The fraction of sp³-hybridized carbons (Fsp3) is 0.125. The van der Waals surface area contributed by atoms with Gasteiger partial charge in [0, 0.05) is 0 Å². The summed E-state index contributed by atoms with van der Waals surface area (Å²) >= 11 is 0. The highest BCUT2D eigenvalue weighted by Gasteiger charge is 2.14. The molecule has 0 radical (unpaired) electrons. The van der Waals surface area contributed by atoms with Crippen molar-refractivity contribution in [2.24, 2.45) is 0 Å². The predicted molar refractivity (Wildman–Crippen MR) is 80.9 cm³/mol. The summed E-state index contributed by atoms with van der Waals surface area (Å²) in [7, 11) is 0. The molecule has 3 rings (SSSR count). The third kappa shape index (κ3) is 2.39. The van der Waals surface area contributed by atoms with Crippen LogP contribution in [-0.2, 0) is 6.54 Å². The van der Waals surface area contributed by atoms with Crippen LogP contribution in [0.4, 0.5) is 4.39 Å². The number of aromatic amines is 1. The summed E-state index contributed by atoms with van der Waals surface area (Å²) in [5, 5.41) is 2.39. The molecule has 0 amide bonds. The van der Waals surface area contributed by atoms with Gasteiger partial charge < -0.3 is 0 Å². The van der Waals surface area contributed by atoms with Gasteiger partial charge in [-0.3, -0.25) is 0 Å². The minimum atomic E-state index is -0.599. The number of aromatic nitrogens is 3. The van der Waals surface area contributed by atoms with Crippen LogP contribution in [0.3, 0.4) is 0 Å². The van der Waals surface area contributed by atoms with E-state index in [1.165, 1.54) is 6.07 Å². The molecule has 1 N–H and O–H groups in total. The van der Waals surface area contributed by atoms with Crippen LogP contribution in [0.2, 0.25) is 0 Å². The van der Waals surface area contributed by atoms with Gasteiger partial charge in [-0.1, -0.05) is 42.5 Å². The van der Waals surface area contributed by atoms with E-state index in [1.807, 2.05) is 30.3 Å². The number of H-pyrrole nitrogens is 1. The summed E-state index contributed by atoms with van der Waals surface area (Å²) in [5.74, 6) is -0.530. The van der Waals surface area contributed by atoms with Crippen LogP contribution in [0.25, 0.3) is 5.69 Å². The van der Waals surface area contributed by atoms with Crippen molar-refractivity contribution in [1.29, 1.82) is 0 Å². The standard InChI is InChI=1S/C16H14FN3O2/c1-11-6-5-9-13(14(11)17)20-16(22)19(15(21)18-20)10-12-7-3-2-4-8-12/h2-9H,10H2,1H3,(H,18,21). The Morgan fingerprint density at radius 1 is 1.05 bits per heavy atom. The summed E-state index contributed by atoms with van der Waals surface area (Å²) in [5.41, 5.74) is 0.0839. The Balaban J connectivity index is 2.10. The second-order valence-corrected chi connectivity index (χ2v) is 5.01. The molecule has 0 aliphatic carbocycles. The van der Waals surface area contributed by atoms with Gasteiger partial charge in [-0.15, -0.1) is 0 Å². The molecule has 2 aromatic carbocycles. The molecule has 5 nitrogen and oxygen atoms in total. The highest BCUT2D eigenvalue weighted by molar-refractivity contribution is 5.36. The van der Waals surface area contributed by atoms with Crippen LogP contribution in [0.1, 0.15) is 11.1 Å². The maximum Gasteiger partial charge on any atom is 0.352 e. The van der Waals surface area contributed by atoms with Crippen LogP contribution >= 0.6 is 0 Å². The second kappa shape index (κ2) is 5.48. The Hall–Kier alpha value is -2.89. The normalized spacial score (nSPS) is 10.8. The Morgan fingerprint density at radius 3 is 2.50 bits per heavy atom. The molecule has 0 fully saturated rings. The molecule has 6 heteroatoms. The van der Waals surface area contributed by atoms with Gasteiger partial charge >= 0.3 is 11.4 Å². The quantitative estimate of drug-likeness (QED) is 0.802. The van der Waals surface area contributed by atoms with E-state index < -0.39 is 17.2 Å². The Labute approximate surface area is 125 Å². The van der Waals surface area contributed by atoms with Crippen molar-refractivity contribution in [2.75, 3.05) is 0 Å². The first-order valence-corrected chi connectivity index (χ1v) is 6.79. The molecule has 112 valence electrons. The average molecular weight is 299 g/mol. The zero-order valence-corrected chi connectivity index (χ0v) is 11.9. The fourth-order valence-corrected chi connectivity index (χ4v) is 2.28. The van der Waals surface area contributed by atoms with Crippen molar-refractivity contribution in [3.05, 3.63) is 86.4 Å². The van der Waals surface area contributed by atoms with Crippen molar-refractivity contribution >= 4 is 0 Å². The van der Waals surface area contributed by atoms with Gasteiger partial charge in [0.2, 0.25) is 0 Å². The molecule has 0 spiro atoms. The molecule has 1 aromatic heterocycles. The highest BCUT2D eigenvalue weighted by Crippen LogP contribution is 2.13. The van der Waals surface area contributed by atoms with Gasteiger partial charge in [-0.2, -0.15) is 4.68 Å². The van der Waals surface area contributed by atoms with E-state index in [0.717, 1.165) is 14.8 Å². The van der Waals surface area contributed by atoms with Gasteiger partial charge in [0.15, 0.2) is 5.82 Å². The van der Waals surface area contributed by atoms with Gasteiger partial charge in [-0.05, 0) is 24.1 Å². The smallest absolute Gasteiger partial charge is 0.246 e. The summed E-state index contributed by atoms with van der Waals surface area (Å²) in [6, 6.07) is 13.8. The molecule has 0 unspecified atom stereocenters. The lowest BCUT2D eigenvalue weighted by Gasteiger charge is -2.04. The minimum Gasteiger partial charge on any atom is -0.246 e. The molecule has 0 aliphatic rings. The molecule has 3 aromatic rings. The molecular weight excluding hydrogens is 285 g/mol. The summed E-state index contributed by atoms with van der Waals surface area (Å²) < 4.78 is 16.1. The van der Waals surface area contributed by atoms with E-state index in [1.54, 1.807) is 19.1 Å². The van der Waals surface area contributed by atoms with Gasteiger partial charge in [0.05, 0.1) is 6.54 Å². The van der Waals surface area contributed by atoms with Crippen molar-refractivity contribution in [3.8, 4) is 5.69 Å². The predicted octanol–water partition coefficient (Wildman–Crippen LogP) is 1.82. The van der Waals surface area contributed by atoms with Crippen molar-refractivity contribution in [3.63, 3.8) is 0 Å². The zero-order valence-electron chi connectivity index (χ0n) is 11.9. The van der Waals surface area contributed by atoms with Crippen LogP contribution in [-0.4, -0.2) is 14.3 Å². The minimum absolute atomic E-state index is 0.0360. The van der Waals surface area contributed by atoms with Gasteiger partial charge in [-0.25, -0.2) is 23.6 Å². The summed E-state index contributed by atoms with van der Waals surface area (Å²) in [4.78, 5) is 24.4. The molecule has 22 heavy (non-hydrogen) atoms. The van der Waals surface area contributed by atoms with E-state index in [2.05, 4.69) is 5.10 Å². The number of rotatable bonds is 3. The van der Waals surface area contributed by atoms with Crippen molar-refractivity contribution in [2.45, 2.75) is 13.5 Å². The third-order valence-electron chi connectivity index (χ3n) is 3.47. The summed E-state index contributed by atoms with van der Waals surface area (Å²) in [6.45, 7) is 1.73. The molecule has 0 saturated heterocycles. The topological polar surface area (TPSA) is 59.8 Å². The van der Waals surface area contributed by atoms with E-state index in [9.17, 15) is 14.0 Å². The zero-order chi connectivity index (χ0) is 15.7. The maximum atomic E-state index is 14.1. The van der Waals surface area contributed by atoms with Crippen LogP contribution in [0.15, 0.2) is 58.1 Å². The third-order valence-corrected chi connectivity index (χ3v) is 3.47. The Kier molecular flexibility index (Phi) is 3.50. The monoisotopic (exact) mass is 299 g/mol. The van der Waals surface area contributed by atoms with E-state index in [-0.39, 0.29) is 12.2 Å². The maximum absolute atomic E-state index is 14.1. The second-order valence-electron chi connectivity index (χ2n) is 5.01. The number of hydrogen-bond acceptors (Lipinski definition) is 2. The number of aryl methyl sites for hydroxylation is 1. The number of nitrogens with zero attached hydrogens (tertiary/aromatic N) is 2. The van der Waals surface area contributed by atoms with Crippen LogP contribution < -0.4 is 11.4 Å². The molecule has 0 aliphatic heterocycles. The SMILES string of the molecule is Cc1cccc(-n2[nH]c(=O)n(Cc3ccccc3)c2=O)c1F. The fourth-order valence-electron chi connectivity index (χ4n) is 2.28. The molecule has 1 heterocycles. The lowest BCUT2D eigenvalue weighted by molar-refractivity contribution is 0.597. The van der Waals surface area contributed by atoms with E-state index in [4.69, 9.17) is 0 Å². The van der Waals surface area contributed by atoms with E-state index >= 15 is 0 Å². The average Bonchev–Trinajstić information content (AvgIpc) is 2.79. The number of hydrogen-bond donors (Lipinski definition) is 1. The first-order chi connectivity index (χ1) is 10.6. The lowest BCUT2D eigenvalue weighted by atomic mass is 10.2. The number of halogens is 1. The van der Waals surface area contributed by atoms with E-state index in [0.29, 0.717) is 5.56 Å². The largest absolute Gasteiger partial charge is 0.352 e. The molecular formula is C16H14FN3O2. The van der Waals surface area contributed by atoms with Crippen LogP contribution in [0.5, 0.6) is 0 Å². The highest BCUT2D eigenvalue weighted by atomic mass is 19.1. The molecule has 0 bridgehead atoms. The van der Waals surface area contributed by atoms with Gasteiger partial charge in [0.1, 0.15) is 5.69 Å². The molecule has 0 saturated carbocycles. The number of benzene rings is 2. The number of nitrogens with one attached hydrogen (secondary N) is 1. The first kappa shape index (κ1) is 14.1. The van der Waals surface area contributed by atoms with Gasteiger partial charge in [0.25, 0.3) is 0 Å². The molecule has 0 atom stereocenters. The Morgan fingerprint density at radius 2 is 1.77 bits per heavy atom. The lowest BCUT2D eigenvalue weighted by Crippen LogP contribution is -2.29. The summed E-state index contributed by atoms with van der Waals surface area (Å²) in [6.07, 6.45) is 0. The first-order valence-electron chi connectivity index (χ1n) is 6.79.